The zero-order valence-electron chi connectivity index (χ0n) is 10.0. The second-order valence-corrected chi connectivity index (χ2v) is 4.84. The van der Waals surface area contributed by atoms with Crippen LogP contribution in [0.1, 0.15) is 65.2 Å². The second kappa shape index (κ2) is 6.27. The molecule has 1 unspecified atom stereocenters. The van der Waals surface area contributed by atoms with Crippen molar-refractivity contribution in [1.29, 1.82) is 0 Å². The summed E-state index contributed by atoms with van der Waals surface area (Å²) in [5.74, 6) is 1.86. The molecule has 1 atom stereocenters. The predicted molar refractivity (Wildman–Crippen MR) is 64.4 cm³/mol. The van der Waals surface area contributed by atoms with E-state index in [0.717, 1.165) is 11.8 Å². The Morgan fingerprint density at radius 2 is 1.93 bits per heavy atom. The summed E-state index contributed by atoms with van der Waals surface area (Å²) in [6, 6.07) is 0. The number of hydrogen-bond acceptors (Lipinski definition) is 0. The molecular weight excluding hydrogens is 168 g/mol. The molecule has 0 amide bonds. The Hall–Kier alpha value is -0.260. The van der Waals surface area contributed by atoms with E-state index in [4.69, 9.17) is 0 Å². The number of hydrogen-bond donors (Lipinski definition) is 0. The van der Waals surface area contributed by atoms with E-state index in [1.807, 2.05) is 0 Å². The van der Waals surface area contributed by atoms with Crippen molar-refractivity contribution in [2.45, 2.75) is 65.2 Å². The molecule has 0 heteroatoms. The van der Waals surface area contributed by atoms with Gasteiger partial charge in [-0.25, -0.2) is 0 Å². The molecule has 82 valence electrons. The second-order valence-electron chi connectivity index (χ2n) is 4.84. The van der Waals surface area contributed by atoms with Crippen LogP contribution in [0.5, 0.6) is 0 Å². The van der Waals surface area contributed by atoms with Gasteiger partial charge in [-0.15, -0.1) is 0 Å². The van der Waals surface area contributed by atoms with Gasteiger partial charge < -0.3 is 0 Å². The Labute approximate surface area is 89.8 Å². The Morgan fingerprint density at radius 3 is 2.43 bits per heavy atom. The maximum Gasteiger partial charge on any atom is -0.0209 e. The van der Waals surface area contributed by atoms with Crippen LogP contribution in [0.15, 0.2) is 12.2 Å². The quantitative estimate of drug-likeness (QED) is 0.525. The Morgan fingerprint density at radius 1 is 1.29 bits per heavy atom. The van der Waals surface area contributed by atoms with Gasteiger partial charge in [-0.3, -0.25) is 0 Å². The highest BCUT2D eigenvalue weighted by atomic mass is 14.2. The molecule has 0 aromatic rings. The van der Waals surface area contributed by atoms with E-state index in [-0.39, 0.29) is 0 Å². The van der Waals surface area contributed by atoms with Crippen molar-refractivity contribution in [3.63, 3.8) is 0 Å². The normalized spacial score (nSPS) is 19.9. The first-order valence-electron chi connectivity index (χ1n) is 6.45. The van der Waals surface area contributed by atoms with Gasteiger partial charge in [0, 0.05) is 0 Å². The molecule has 0 nitrogen and oxygen atoms in total. The van der Waals surface area contributed by atoms with E-state index >= 15 is 0 Å². The molecule has 0 radical (unpaired) electrons. The van der Waals surface area contributed by atoms with Crippen molar-refractivity contribution in [3.05, 3.63) is 12.2 Å². The van der Waals surface area contributed by atoms with E-state index in [1.54, 1.807) is 0 Å². The molecule has 0 saturated heterocycles. The molecular formula is C14H26. The third-order valence-corrected chi connectivity index (χ3v) is 3.92. The molecule has 0 aliphatic heterocycles. The van der Waals surface area contributed by atoms with Gasteiger partial charge in [-0.05, 0) is 37.5 Å². The van der Waals surface area contributed by atoms with Crippen LogP contribution in [-0.4, -0.2) is 0 Å². The molecule has 1 saturated carbocycles. The van der Waals surface area contributed by atoms with Crippen LogP contribution in [0.4, 0.5) is 0 Å². The van der Waals surface area contributed by atoms with E-state index in [2.05, 4.69) is 20.4 Å². The molecule has 0 spiro atoms. The molecule has 14 heavy (non-hydrogen) atoms. The summed E-state index contributed by atoms with van der Waals surface area (Å²) in [4.78, 5) is 0. The summed E-state index contributed by atoms with van der Waals surface area (Å²) in [7, 11) is 0. The molecule has 0 bridgehead atoms. The third-order valence-electron chi connectivity index (χ3n) is 3.92. The molecule has 1 aliphatic rings. The molecule has 0 N–H and O–H groups in total. The Kier molecular flexibility index (Phi) is 5.29. The topological polar surface area (TPSA) is 0 Å². The third kappa shape index (κ3) is 3.48. The summed E-state index contributed by atoms with van der Waals surface area (Å²) in [5, 5.41) is 0. The first-order chi connectivity index (χ1) is 6.77. The van der Waals surface area contributed by atoms with E-state index in [0.29, 0.717) is 0 Å². The van der Waals surface area contributed by atoms with Crippen molar-refractivity contribution in [2.75, 3.05) is 0 Å². The predicted octanol–water partition coefficient (Wildman–Crippen LogP) is 4.95. The highest BCUT2D eigenvalue weighted by Crippen LogP contribution is 2.32. The summed E-state index contributed by atoms with van der Waals surface area (Å²) in [6.45, 7) is 8.73. The minimum absolute atomic E-state index is 0.806. The highest BCUT2D eigenvalue weighted by molar-refractivity contribution is 4.99. The van der Waals surface area contributed by atoms with E-state index in [9.17, 15) is 0 Å². The summed E-state index contributed by atoms with van der Waals surface area (Å²) in [5.41, 5.74) is 1.48. The number of allylic oxidation sites excluding steroid dienone is 1. The summed E-state index contributed by atoms with van der Waals surface area (Å²) >= 11 is 0. The van der Waals surface area contributed by atoms with Gasteiger partial charge >= 0.3 is 0 Å². The lowest BCUT2D eigenvalue weighted by atomic mass is 9.87. The van der Waals surface area contributed by atoms with Crippen molar-refractivity contribution >= 4 is 0 Å². The lowest BCUT2D eigenvalue weighted by molar-refractivity contribution is 0.417. The van der Waals surface area contributed by atoms with Crippen molar-refractivity contribution in [2.24, 2.45) is 11.8 Å². The fourth-order valence-electron chi connectivity index (χ4n) is 2.72. The molecule has 1 fully saturated rings. The monoisotopic (exact) mass is 194 g/mol. The van der Waals surface area contributed by atoms with Gasteiger partial charge in [0.05, 0.1) is 0 Å². The van der Waals surface area contributed by atoms with E-state index in [1.165, 1.54) is 56.9 Å². The molecule has 0 aromatic carbocycles. The van der Waals surface area contributed by atoms with Crippen LogP contribution >= 0.6 is 0 Å². The summed E-state index contributed by atoms with van der Waals surface area (Å²) < 4.78 is 0. The number of rotatable bonds is 6. The highest BCUT2D eigenvalue weighted by Gasteiger charge is 2.17. The largest absolute Gasteiger partial charge is 0.0996 e. The van der Waals surface area contributed by atoms with E-state index < -0.39 is 0 Å². The van der Waals surface area contributed by atoms with Crippen molar-refractivity contribution in [1.82, 2.24) is 0 Å². The van der Waals surface area contributed by atoms with Crippen LogP contribution in [0.2, 0.25) is 0 Å². The molecule has 1 aliphatic carbocycles. The molecule has 1 rings (SSSR count). The molecule has 0 aromatic heterocycles. The van der Waals surface area contributed by atoms with Gasteiger partial charge in [0.1, 0.15) is 0 Å². The van der Waals surface area contributed by atoms with Gasteiger partial charge in [0.15, 0.2) is 0 Å². The zero-order valence-corrected chi connectivity index (χ0v) is 10.0. The lowest BCUT2D eigenvalue weighted by Gasteiger charge is -2.18. The van der Waals surface area contributed by atoms with Gasteiger partial charge in [-0.1, -0.05) is 51.7 Å². The minimum atomic E-state index is 0.806. The van der Waals surface area contributed by atoms with Gasteiger partial charge in [0.25, 0.3) is 0 Å². The van der Waals surface area contributed by atoms with Crippen molar-refractivity contribution in [3.8, 4) is 0 Å². The fraction of sp³-hybridized carbons (Fsp3) is 0.857. The first-order valence-corrected chi connectivity index (χ1v) is 6.45. The smallest absolute Gasteiger partial charge is 0.0209 e. The summed E-state index contributed by atoms with van der Waals surface area (Å²) in [6.07, 6.45) is 11.3. The van der Waals surface area contributed by atoms with Crippen LogP contribution in [-0.2, 0) is 0 Å². The van der Waals surface area contributed by atoms with Crippen LogP contribution in [0.3, 0.4) is 0 Å². The Balaban J connectivity index is 2.22. The SMILES string of the molecule is C=C(CC)C(CC)CCC1CCCC1. The maximum absolute atomic E-state index is 4.19. The molecule has 0 heterocycles. The Bertz CT molecular complexity index is 163. The van der Waals surface area contributed by atoms with Crippen LogP contribution in [0, 0.1) is 11.8 Å². The van der Waals surface area contributed by atoms with Gasteiger partial charge in [0.2, 0.25) is 0 Å². The van der Waals surface area contributed by atoms with Crippen molar-refractivity contribution < 1.29 is 0 Å². The average molecular weight is 194 g/mol. The minimum Gasteiger partial charge on any atom is -0.0996 e. The average Bonchev–Trinajstić information content (AvgIpc) is 2.71. The van der Waals surface area contributed by atoms with Crippen LogP contribution < -0.4 is 0 Å². The zero-order chi connectivity index (χ0) is 10.4. The fourth-order valence-corrected chi connectivity index (χ4v) is 2.72. The van der Waals surface area contributed by atoms with Gasteiger partial charge in [-0.2, -0.15) is 0 Å². The first kappa shape index (κ1) is 11.8. The maximum atomic E-state index is 4.19. The van der Waals surface area contributed by atoms with Crippen LogP contribution in [0.25, 0.3) is 0 Å². The standard InChI is InChI=1S/C14H26/c1-4-12(3)14(5-2)11-10-13-8-6-7-9-13/h13-14H,3-11H2,1-2H3. The lowest BCUT2D eigenvalue weighted by Crippen LogP contribution is -2.04.